The van der Waals surface area contributed by atoms with Crippen molar-refractivity contribution in [3.63, 3.8) is 0 Å². The fourth-order valence-electron chi connectivity index (χ4n) is 4.04. The number of likely N-dealkylation sites (tertiary alicyclic amines) is 1. The summed E-state index contributed by atoms with van der Waals surface area (Å²) in [5.41, 5.74) is 4.00. The van der Waals surface area contributed by atoms with Crippen molar-refractivity contribution in [1.29, 1.82) is 0 Å². The molecule has 0 radical (unpaired) electrons. The van der Waals surface area contributed by atoms with Crippen LogP contribution in [-0.4, -0.2) is 50.4 Å². The van der Waals surface area contributed by atoms with Crippen LogP contribution in [0.15, 0.2) is 73.3 Å². The molecule has 0 saturated carbocycles. The zero-order valence-electron chi connectivity index (χ0n) is 17.0. The van der Waals surface area contributed by atoms with E-state index in [-0.39, 0.29) is 17.9 Å². The highest BCUT2D eigenvalue weighted by Gasteiger charge is 2.25. The molecule has 2 aromatic carbocycles. The second-order valence-electron chi connectivity index (χ2n) is 7.81. The molecular weight excluding hydrogens is 390 g/mol. The number of aromatic nitrogens is 3. The Balaban J connectivity index is 1.17. The largest absolute Gasteiger partial charge is 0.349 e. The highest BCUT2D eigenvalue weighted by molar-refractivity contribution is 5.97. The summed E-state index contributed by atoms with van der Waals surface area (Å²) in [6.07, 6.45) is 7.05. The van der Waals surface area contributed by atoms with Crippen molar-refractivity contribution >= 4 is 22.8 Å². The van der Waals surface area contributed by atoms with Gasteiger partial charge in [0.25, 0.3) is 11.8 Å². The standard InChI is InChI=1S/C24H23N5O2/c30-23(18-5-8-21-22(15-18)26-16-25-21)27-19-9-13-29(14-10-19)24(31)17-3-6-20(7-4-17)28-11-1-2-12-28/h1-8,11-12,15-16,19H,9-10,13-14H2,(H,25,26)(H,27,30). The molecule has 0 atom stereocenters. The normalized spacial score (nSPS) is 14.6. The fraction of sp³-hybridized carbons (Fsp3) is 0.208. The molecule has 1 aliphatic rings. The van der Waals surface area contributed by atoms with Crippen molar-refractivity contribution in [3.8, 4) is 5.69 Å². The van der Waals surface area contributed by atoms with E-state index < -0.39 is 0 Å². The van der Waals surface area contributed by atoms with Crippen molar-refractivity contribution < 1.29 is 9.59 Å². The Morgan fingerprint density at radius 1 is 0.968 bits per heavy atom. The van der Waals surface area contributed by atoms with E-state index in [4.69, 9.17) is 0 Å². The summed E-state index contributed by atoms with van der Waals surface area (Å²) in [7, 11) is 0. The lowest BCUT2D eigenvalue weighted by molar-refractivity contribution is 0.0698. The third-order valence-electron chi connectivity index (χ3n) is 5.82. The number of aromatic amines is 1. The Morgan fingerprint density at radius 2 is 1.68 bits per heavy atom. The molecule has 31 heavy (non-hydrogen) atoms. The number of piperidine rings is 1. The third-order valence-corrected chi connectivity index (χ3v) is 5.82. The van der Waals surface area contributed by atoms with Crippen LogP contribution in [0.1, 0.15) is 33.6 Å². The topological polar surface area (TPSA) is 83.0 Å². The van der Waals surface area contributed by atoms with E-state index in [0.29, 0.717) is 24.2 Å². The van der Waals surface area contributed by atoms with Crippen molar-refractivity contribution in [2.24, 2.45) is 0 Å². The summed E-state index contributed by atoms with van der Waals surface area (Å²) in [6.45, 7) is 1.26. The number of carbonyl (C=O) groups is 2. The van der Waals surface area contributed by atoms with Crippen LogP contribution >= 0.6 is 0 Å². The number of rotatable bonds is 4. The Bertz CT molecular complexity index is 1200. The Hall–Kier alpha value is -3.87. The first-order valence-corrected chi connectivity index (χ1v) is 10.4. The molecule has 0 spiro atoms. The quantitative estimate of drug-likeness (QED) is 0.538. The molecule has 2 aromatic heterocycles. The Kier molecular flexibility index (Phi) is 5.00. The second kappa shape index (κ2) is 8.10. The second-order valence-corrected chi connectivity index (χ2v) is 7.81. The molecule has 1 saturated heterocycles. The number of amides is 2. The molecule has 1 aliphatic heterocycles. The van der Waals surface area contributed by atoms with Gasteiger partial charge in [-0.2, -0.15) is 0 Å². The number of fused-ring (bicyclic) bond motifs is 1. The predicted octanol–water partition coefficient (Wildman–Crippen LogP) is 3.39. The highest BCUT2D eigenvalue weighted by atomic mass is 16.2. The minimum Gasteiger partial charge on any atom is -0.349 e. The Labute approximate surface area is 179 Å². The molecule has 7 heteroatoms. The molecule has 4 aromatic rings. The van der Waals surface area contributed by atoms with E-state index in [9.17, 15) is 9.59 Å². The molecule has 2 amide bonds. The number of hydrogen-bond acceptors (Lipinski definition) is 3. The molecule has 7 nitrogen and oxygen atoms in total. The van der Waals surface area contributed by atoms with E-state index in [1.807, 2.05) is 70.4 Å². The summed E-state index contributed by atoms with van der Waals surface area (Å²) in [5.74, 6) is -0.0598. The summed E-state index contributed by atoms with van der Waals surface area (Å²) in [4.78, 5) is 34.6. The number of nitrogens with zero attached hydrogens (tertiary/aromatic N) is 3. The number of imidazole rings is 1. The summed E-state index contributed by atoms with van der Waals surface area (Å²) < 4.78 is 2.01. The zero-order chi connectivity index (χ0) is 21.2. The molecule has 0 bridgehead atoms. The van der Waals surface area contributed by atoms with Crippen LogP contribution in [-0.2, 0) is 0 Å². The van der Waals surface area contributed by atoms with Crippen LogP contribution in [0.4, 0.5) is 0 Å². The van der Waals surface area contributed by atoms with Crippen molar-refractivity contribution in [2.75, 3.05) is 13.1 Å². The van der Waals surface area contributed by atoms with Gasteiger partial charge < -0.3 is 19.8 Å². The van der Waals surface area contributed by atoms with Crippen molar-refractivity contribution in [3.05, 3.63) is 84.4 Å². The Morgan fingerprint density at radius 3 is 2.42 bits per heavy atom. The number of carbonyl (C=O) groups excluding carboxylic acids is 2. The maximum absolute atomic E-state index is 12.9. The maximum atomic E-state index is 12.9. The van der Waals surface area contributed by atoms with Gasteiger partial charge in [0, 0.05) is 48.3 Å². The molecule has 2 N–H and O–H groups in total. The van der Waals surface area contributed by atoms with E-state index in [0.717, 1.165) is 29.6 Å². The fourth-order valence-corrected chi connectivity index (χ4v) is 4.04. The number of nitrogens with one attached hydrogen (secondary N) is 2. The summed E-state index contributed by atoms with van der Waals surface area (Å²) in [6, 6.07) is 17.1. The van der Waals surface area contributed by atoms with Crippen LogP contribution in [0.2, 0.25) is 0 Å². The van der Waals surface area contributed by atoms with Crippen molar-refractivity contribution in [1.82, 2.24) is 24.8 Å². The first-order valence-electron chi connectivity index (χ1n) is 10.4. The van der Waals surface area contributed by atoms with Gasteiger partial charge in [-0.25, -0.2) is 4.98 Å². The highest BCUT2D eigenvalue weighted by Crippen LogP contribution is 2.17. The molecule has 3 heterocycles. The van der Waals surface area contributed by atoms with Gasteiger partial charge in [0.05, 0.1) is 17.4 Å². The van der Waals surface area contributed by atoms with Crippen LogP contribution in [0.5, 0.6) is 0 Å². The van der Waals surface area contributed by atoms with Crippen LogP contribution in [0.25, 0.3) is 16.7 Å². The van der Waals surface area contributed by atoms with E-state index in [2.05, 4.69) is 15.3 Å². The monoisotopic (exact) mass is 413 g/mol. The molecule has 0 aliphatic carbocycles. The van der Waals surface area contributed by atoms with Gasteiger partial charge in [-0.3, -0.25) is 9.59 Å². The van der Waals surface area contributed by atoms with Crippen LogP contribution in [0.3, 0.4) is 0 Å². The van der Waals surface area contributed by atoms with E-state index in [1.165, 1.54) is 0 Å². The van der Waals surface area contributed by atoms with Gasteiger partial charge in [-0.05, 0) is 67.4 Å². The molecule has 1 fully saturated rings. The van der Waals surface area contributed by atoms with Gasteiger partial charge in [0.2, 0.25) is 0 Å². The lowest BCUT2D eigenvalue weighted by atomic mass is 10.0. The van der Waals surface area contributed by atoms with Crippen LogP contribution in [0, 0.1) is 0 Å². The first kappa shape index (κ1) is 19.1. The molecule has 0 unspecified atom stereocenters. The SMILES string of the molecule is O=C(NC1CCN(C(=O)c2ccc(-n3cccc3)cc2)CC1)c1ccc2nc[nH]c2c1. The van der Waals surface area contributed by atoms with Gasteiger partial charge in [-0.15, -0.1) is 0 Å². The zero-order valence-corrected chi connectivity index (χ0v) is 17.0. The van der Waals surface area contributed by atoms with E-state index in [1.54, 1.807) is 12.4 Å². The molecule has 156 valence electrons. The lowest BCUT2D eigenvalue weighted by Crippen LogP contribution is -2.46. The predicted molar refractivity (Wildman–Crippen MR) is 118 cm³/mol. The summed E-state index contributed by atoms with van der Waals surface area (Å²) >= 11 is 0. The van der Waals surface area contributed by atoms with E-state index >= 15 is 0 Å². The number of hydrogen-bond donors (Lipinski definition) is 2. The first-order chi connectivity index (χ1) is 15.2. The molecular formula is C24H23N5O2. The van der Waals surface area contributed by atoms with Gasteiger partial charge in [0.1, 0.15) is 0 Å². The van der Waals surface area contributed by atoms with Crippen LogP contribution < -0.4 is 5.32 Å². The summed E-state index contributed by atoms with van der Waals surface area (Å²) in [5, 5.41) is 3.10. The maximum Gasteiger partial charge on any atom is 0.253 e. The van der Waals surface area contributed by atoms with Crippen molar-refractivity contribution in [2.45, 2.75) is 18.9 Å². The minimum atomic E-state index is -0.0955. The van der Waals surface area contributed by atoms with Gasteiger partial charge in [-0.1, -0.05) is 0 Å². The lowest BCUT2D eigenvalue weighted by Gasteiger charge is -2.32. The van der Waals surface area contributed by atoms with Gasteiger partial charge in [0.15, 0.2) is 0 Å². The number of benzene rings is 2. The average Bonchev–Trinajstić information content (AvgIpc) is 3.51. The smallest absolute Gasteiger partial charge is 0.253 e. The average molecular weight is 413 g/mol. The number of H-pyrrole nitrogens is 1. The van der Waals surface area contributed by atoms with Gasteiger partial charge >= 0.3 is 0 Å². The third kappa shape index (κ3) is 3.94. The minimum absolute atomic E-state index is 0.0357. The molecule has 5 rings (SSSR count).